The minimum Gasteiger partial charge on any atom is -0.321 e. The third kappa shape index (κ3) is 4.31. The van der Waals surface area contributed by atoms with E-state index in [0.29, 0.717) is 11.5 Å². The molecule has 1 aromatic carbocycles. The van der Waals surface area contributed by atoms with Gasteiger partial charge in [0.25, 0.3) is 0 Å². The molecule has 0 fully saturated rings. The van der Waals surface area contributed by atoms with Gasteiger partial charge in [-0.2, -0.15) is 0 Å². The molecule has 0 aliphatic heterocycles. The van der Waals surface area contributed by atoms with Gasteiger partial charge in [0.15, 0.2) is 0 Å². The Bertz CT molecular complexity index is 377. The van der Waals surface area contributed by atoms with Crippen molar-refractivity contribution in [3.05, 3.63) is 35.6 Å². The van der Waals surface area contributed by atoms with Crippen molar-refractivity contribution in [3.8, 4) is 0 Å². The highest BCUT2D eigenvalue weighted by molar-refractivity contribution is 5.25. The van der Waals surface area contributed by atoms with Crippen molar-refractivity contribution in [2.24, 2.45) is 11.7 Å². The summed E-state index contributed by atoms with van der Waals surface area (Å²) in [5.41, 5.74) is 6.67. The van der Waals surface area contributed by atoms with Crippen molar-refractivity contribution in [2.45, 2.75) is 64.8 Å². The van der Waals surface area contributed by atoms with E-state index in [0.717, 1.165) is 19.3 Å². The molecule has 0 heterocycles. The van der Waals surface area contributed by atoms with Crippen molar-refractivity contribution < 1.29 is 4.39 Å². The van der Waals surface area contributed by atoms with Crippen LogP contribution in [-0.4, -0.2) is 0 Å². The summed E-state index contributed by atoms with van der Waals surface area (Å²) in [6.45, 7) is 6.47. The van der Waals surface area contributed by atoms with Crippen LogP contribution in [-0.2, 0) is 5.54 Å². The van der Waals surface area contributed by atoms with Gasteiger partial charge in [-0.05, 0) is 24.8 Å². The standard InChI is InChI=1S/C17H28FN/c1-4-7-10-14(5-2)13-17(19,6-3)15-11-8-9-12-16(15)18/h8-9,11-12,14H,4-7,10,13,19H2,1-3H3. The smallest absolute Gasteiger partial charge is 0.128 e. The molecule has 0 radical (unpaired) electrons. The fraction of sp³-hybridized carbons (Fsp3) is 0.647. The summed E-state index contributed by atoms with van der Waals surface area (Å²) in [4.78, 5) is 0. The third-order valence-corrected chi connectivity index (χ3v) is 4.24. The number of benzene rings is 1. The number of hydrogen-bond donors (Lipinski definition) is 1. The van der Waals surface area contributed by atoms with Gasteiger partial charge in [-0.1, -0.05) is 64.7 Å². The molecule has 0 saturated carbocycles. The zero-order valence-electron chi connectivity index (χ0n) is 12.6. The van der Waals surface area contributed by atoms with Crippen molar-refractivity contribution in [1.29, 1.82) is 0 Å². The maximum absolute atomic E-state index is 14.0. The van der Waals surface area contributed by atoms with Crippen molar-refractivity contribution in [3.63, 3.8) is 0 Å². The van der Waals surface area contributed by atoms with Crippen molar-refractivity contribution in [2.75, 3.05) is 0 Å². The van der Waals surface area contributed by atoms with E-state index in [9.17, 15) is 4.39 Å². The minimum atomic E-state index is -0.528. The maximum Gasteiger partial charge on any atom is 0.128 e. The Hall–Kier alpha value is -0.890. The highest BCUT2D eigenvalue weighted by atomic mass is 19.1. The second-order valence-electron chi connectivity index (χ2n) is 5.61. The van der Waals surface area contributed by atoms with E-state index in [4.69, 9.17) is 5.73 Å². The van der Waals surface area contributed by atoms with Gasteiger partial charge in [0.2, 0.25) is 0 Å². The molecule has 0 aliphatic rings. The van der Waals surface area contributed by atoms with Crippen LogP contribution in [0.3, 0.4) is 0 Å². The number of unbranched alkanes of at least 4 members (excludes halogenated alkanes) is 1. The lowest BCUT2D eigenvalue weighted by molar-refractivity contribution is 0.281. The van der Waals surface area contributed by atoms with Gasteiger partial charge in [-0.15, -0.1) is 0 Å². The summed E-state index contributed by atoms with van der Waals surface area (Å²) < 4.78 is 14.0. The highest BCUT2D eigenvalue weighted by Crippen LogP contribution is 2.34. The van der Waals surface area contributed by atoms with Gasteiger partial charge in [0.1, 0.15) is 5.82 Å². The van der Waals surface area contributed by atoms with Crippen LogP contribution in [0.1, 0.15) is 64.9 Å². The molecule has 2 unspecified atom stereocenters. The first-order valence-corrected chi connectivity index (χ1v) is 7.61. The first kappa shape index (κ1) is 16.2. The Morgan fingerprint density at radius 2 is 1.89 bits per heavy atom. The Morgan fingerprint density at radius 1 is 1.21 bits per heavy atom. The lowest BCUT2D eigenvalue weighted by atomic mass is 9.78. The molecule has 0 saturated heterocycles. The summed E-state index contributed by atoms with van der Waals surface area (Å²) in [5, 5.41) is 0. The van der Waals surface area contributed by atoms with Gasteiger partial charge in [0.05, 0.1) is 0 Å². The normalized spacial score (nSPS) is 16.1. The second kappa shape index (κ2) is 7.64. The van der Waals surface area contributed by atoms with Crippen LogP contribution in [0.2, 0.25) is 0 Å². The molecule has 108 valence electrons. The summed E-state index contributed by atoms with van der Waals surface area (Å²) in [5.74, 6) is 0.418. The minimum absolute atomic E-state index is 0.169. The molecule has 2 atom stereocenters. The maximum atomic E-state index is 14.0. The largest absolute Gasteiger partial charge is 0.321 e. The number of hydrogen-bond acceptors (Lipinski definition) is 1. The number of halogens is 1. The fourth-order valence-electron chi connectivity index (χ4n) is 2.77. The van der Waals surface area contributed by atoms with E-state index in [1.807, 2.05) is 12.1 Å². The van der Waals surface area contributed by atoms with Gasteiger partial charge < -0.3 is 5.73 Å². The first-order chi connectivity index (χ1) is 9.07. The zero-order chi connectivity index (χ0) is 14.3. The summed E-state index contributed by atoms with van der Waals surface area (Å²) in [6, 6.07) is 6.96. The molecular weight excluding hydrogens is 237 g/mol. The van der Waals surface area contributed by atoms with Crippen LogP contribution in [0.5, 0.6) is 0 Å². The predicted octanol–water partition coefficient (Wildman–Crippen LogP) is 5.00. The summed E-state index contributed by atoms with van der Waals surface area (Å²) in [7, 11) is 0. The molecule has 2 heteroatoms. The lowest BCUT2D eigenvalue weighted by Gasteiger charge is -2.33. The Kier molecular flexibility index (Phi) is 6.50. The molecule has 0 amide bonds. The highest BCUT2D eigenvalue weighted by Gasteiger charge is 2.30. The van der Waals surface area contributed by atoms with E-state index in [1.54, 1.807) is 6.07 Å². The molecule has 2 N–H and O–H groups in total. The van der Waals surface area contributed by atoms with Crippen molar-refractivity contribution in [1.82, 2.24) is 0 Å². The second-order valence-corrected chi connectivity index (χ2v) is 5.61. The average Bonchev–Trinajstić information content (AvgIpc) is 2.43. The molecule has 19 heavy (non-hydrogen) atoms. The predicted molar refractivity (Wildman–Crippen MR) is 80.5 cm³/mol. The molecular formula is C17H28FN. The molecule has 0 aliphatic carbocycles. The van der Waals surface area contributed by atoms with E-state index in [1.165, 1.54) is 25.3 Å². The Labute approximate surface area is 117 Å². The molecule has 1 aromatic rings. The quantitative estimate of drug-likeness (QED) is 0.703. The van der Waals surface area contributed by atoms with Crippen LogP contribution in [0, 0.1) is 11.7 Å². The van der Waals surface area contributed by atoms with Gasteiger partial charge >= 0.3 is 0 Å². The third-order valence-electron chi connectivity index (χ3n) is 4.24. The molecule has 1 rings (SSSR count). The SMILES string of the molecule is CCCCC(CC)CC(N)(CC)c1ccccc1F. The topological polar surface area (TPSA) is 26.0 Å². The van der Waals surface area contributed by atoms with E-state index in [-0.39, 0.29) is 5.82 Å². The molecule has 0 spiro atoms. The van der Waals surface area contributed by atoms with E-state index in [2.05, 4.69) is 20.8 Å². The summed E-state index contributed by atoms with van der Waals surface area (Å²) in [6.07, 6.45) is 6.40. The monoisotopic (exact) mass is 265 g/mol. The van der Waals surface area contributed by atoms with Crippen LogP contribution >= 0.6 is 0 Å². The fourth-order valence-corrected chi connectivity index (χ4v) is 2.77. The lowest BCUT2D eigenvalue weighted by Crippen LogP contribution is -2.39. The van der Waals surface area contributed by atoms with E-state index >= 15 is 0 Å². The Morgan fingerprint density at radius 3 is 2.42 bits per heavy atom. The molecule has 0 bridgehead atoms. The first-order valence-electron chi connectivity index (χ1n) is 7.61. The molecule has 1 nitrogen and oxygen atoms in total. The van der Waals surface area contributed by atoms with E-state index < -0.39 is 5.54 Å². The van der Waals surface area contributed by atoms with Gasteiger partial charge in [0, 0.05) is 11.1 Å². The van der Waals surface area contributed by atoms with Gasteiger partial charge in [-0.3, -0.25) is 0 Å². The van der Waals surface area contributed by atoms with Crippen LogP contribution in [0.15, 0.2) is 24.3 Å². The van der Waals surface area contributed by atoms with Crippen molar-refractivity contribution >= 4 is 0 Å². The van der Waals surface area contributed by atoms with Crippen LogP contribution < -0.4 is 5.73 Å². The average molecular weight is 265 g/mol. The summed E-state index contributed by atoms with van der Waals surface area (Å²) >= 11 is 0. The van der Waals surface area contributed by atoms with Gasteiger partial charge in [-0.25, -0.2) is 4.39 Å². The Balaban J connectivity index is 2.88. The molecule has 0 aromatic heterocycles. The number of nitrogens with two attached hydrogens (primary N) is 1. The van der Waals surface area contributed by atoms with Crippen LogP contribution in [0.4, 0.5) is 4.39 Å². The van der Waals surface area contributed by atoms with Crippen LogP contribution in [0.25, 0.3) is 0 Å². The number of rotatable bonds is 8. The zero-order valence-corrected chi connectivity index (χ0v) is 12.6.